The first-order valence-corrected chi connectivity index (χ1v) is 14.1. The van der Waals surface area contributed by atoms with E-state index in [0.29, 0.717) is 28.0 Å². The number of rotatable bonds is 7. The second kappa shape index (κ2) is 12.0. The van der Waals surface area contributed by atoms with Crippen molar-refractivity contribution in [3.63, 3.8) is 0 Å². The number of urea groups is 1. The average Bonchev–Trinajstić information content (AvgIpc) is 3.58. The standard InChI is InChI=1S/C31H28ClN5O3S/c1-31(2,3)25-18-26(37-40-25)35-30(39)34-23-15-13-22(14-16-23)33-27(38)17-24-28(19-7-5-4-6-8-19)36-29(41-24)20-9-11-21(32)12-10-20/h4-16,18H,17H2,1-3H3,(H,33,38)(H2,34,35,37,39). The Morgan fingerprint density at radius 2 is 1.51 bits per heavy atom. The zero-order valence-corrected chi connectivity index (χ0v) is 24.3. The molecule has 41 heavy (non-hydrogen) atoms. The summed E-state index contributed by atoms with van der Waals surface area (Å²) in [4.78, 5) is 31.2. The van der Waals surface area contributed by atoms with Gasteiger partial charge in [-0.15, -0.1) is 11.3 Å². The molecule has 0 unspecified atom stereocenters. The lowest BCUT2D eigenvalue weighted by molar-refractivity contribution is -0.115. The summed E-state index contributed by atoms with van der Waals surface area (Å²) in [5.74, 6) is 0.824. The summed E-state index contributed by atoms with van der Waals surface area (Å²) in [6.07, 6.45) is 0.159. The second-order valence-electron chi connectivity index (χ2n) is 10.4. The summed E-state index contributed by atoms with van der Waals surface area (Å²) in [5, 5.41) is 13.7. The maximum atomic E-state index is 13.0. The Hall–Kier alpha value is -4.47. The summed E-state index contributed by atoms with van der Waals surface area (Å²) in [6, 6.07) is 25.4. The molecule has 0 saturated heterocycles. The zero-order valence-electron chi connectivity index (χ0n) is 22.7. The van der Waals surface area contributed by atoms with Crippen LogP contribution in [0.3, 0.4) is 0 Å². The molecule has 0 radical (unpaired) electrons. The van der Waals surface area contributed by atoms with Gasteiger partial charge in [-0.1, -0.05) is 80.0 Å². The van der Waals surface area contributed by atoms with E-state index < -0.39 is 6.03 Å². The third-order valence-corrected chi connectivity index (χ3v) is 7.43. The molecule has 3 aromatic carbocycles. The number of anilines is 3. The molecule has 5 rings (SSSR count). The maximum Gasteiger partial charge on any atom is 0.324 e. The van der Waals surface area contributed by atoms with E-state index in [1.54, 1.807) is 30.3 Å². The van der Waals surface area contributed by atoms with Crippen LogP contribution in [-0.2, 0) is 16.6 Å². The van der Waals surface area contributed by atoms with Gasteiger partial charge < -0.3 is 15.2 Å². The Morgan fingerprint density at radius 1 is 0.854 bits per heavy atom. The van der Waals surface area contributed by atoms with Crippen LogP contribution < -0.4 is 16.0 Å². The molecule has 208 valence electrons. The third-order valence-electron chi connectivity index (χ3n) is 6.07. The highest BCUT2D eigenvalue weighted by Crippen LogP contribution is 2.35. The van der Waals surface area contributed by atoms with Crippen LogP contribution in [0.25, 0.3) is 21.8 Å². The first-order valence-electron chi connectivity index (χ1n) is 12.9. The monoisotopic (exact) mass is 585 g/mol. The van der Waals surface area contributed by atoms with Crippen LogP contribution in [0.4, 0.5) is 22.0 Å². The largest absolute Gasteiger partial charge is 0.359 e. The van der Waals surface area contributed by atoms with E-state index in [1.807, 2.05) is 75.4 Å². The Bertz CT molecular complexity index is 1660. The Morgan fingerprint density at radius 3 is 2.15 bits per heavy atom. The molecule has 0 saturated carbocycles. The Labute approximate surface area is 246 Å². The van der Waals surface area contributed by atoms with Crippen LogP contribution in [0, 0.1) is 0 Å². The molecule has 3 amide bonds. The zero-order chi connectivity index (χ0) is 29.0. The van der Waals surface area contributed by atoms with Gasteiger partial charge in [-0.3, -0.25) is 10.1 Å². The lowest BCUT2D eigenvalue weighted by Gasteiger charge is -2.12. The molecular weight excluding hydrogens is 558 g/mol. The topological polar surface area (TPSA) is 109 Å². The molecule has 2 aromatic heterocycles. The van der Waals surface area contributed by atoms with Gasteiger partial charge in [0.05, 0.1) is 12.1 Å². The number of benzene rings is 3. The molecule has 0 aliphatic carbocycles. The first kappa shape index (κ1) is 28.1. The van der Waals surface area contributed by atoms with Gasteiger partial charge in [0.15, 0.2) is 5.82 Å². The highest BCUT2D eigenvalue weighted by Gasteiger charge is 2.21. The van der Waals surface area contributed by atoms with Crippen LogP contribution in [0.1, 0.15) is 31.4 Å². The summed E-state index contributed by atoms with van der Waals surface area (Å²) >= 11 is 7.54. The molecule has 10 heteroatoms. The second-order valence-corrected chi connectivity index (χ2v) is 11.9. The van der Waals surface area contributed by atoms with Crippen molar-refractivity contribution in [1.29, 1.82) is 0 Å². The van der Waals surface area contributed by atoms with E-state index in [1.165, 1.54) is 11.3 Å². The van der Waals surface area contributed by atoms with Crippen molar-refractivity contribution in [2.24, 2.45) is 0 Å². The number of nitrogens with one attached hydrogen (secondary N) is 3. The summed E-state index contributed by atoms with van der Waals surface area (Å²) < 4.78 is 5.30. The summed E-state index contributed by atoms with van der Waals surface area (Å²) in [7, 11) is 0. The fourth-order valence-corrected chi connectivity index (χ4v) is 5.18. The van der Waals surface area contributed by atoms with E-state index >= 15 is 0 Å². The SMILES string of the molecule is CC(C)(C)c1cc(NC(=O)Nc2ccc(NC(=O)Cc3sc(-c4ccc(Cl)cc4)nc3-c3ccccc3)cc2)no1. The molecule has 0 atom stereocenters. The van der Waals surface area contributed by atoms with Gasteiger partial charge in [0.2, 0.25) is 5.91 Å². The minimum absolute atomic E-state index is 0.159. The van der Waals surface area contributed by atoms with Gasteiger partial charge in [-0.05, 0) is 36.4 Å². The van der Waals surface area contributed by atoms with Crippen LogP contribution >= 0.6 is 22.9 Å². The molecule has 0 fully saturated rings. The lowest BCUT2D eigenvalue weighted by atomic mass is 9.93. The molecule has 0 aliphatic heterocycles. The van der Waals surface area contributed by atoms with Gasteiger partial charge in [-0.2, -0.15) is 0 Å². The number of carbonyl (C=O) groups is 2. The average molecular weight is 586 g/mol. The lowest BCUT2D eigenvalue weighted by Crippen LogP contribution is -2.19. The summed E-state index contributed by atoms with van der Waals surface area (Å²) in [6.45, 7) is 5.99. The Balaban J connectivity index is 1.23. The van der Waals surface area contributed by atoms with Crippen LogP contribution in [0.2, 0.25) is 5.02 Å². The number of hydrogen-bond acceptors (Lipinski definition) is 6. The van der Waals surface area contributed by atoms with Crippen molar-refractivity contribution >= 4 is 52.1 Å². The third kappa shape index (κ3) is 7.19. The van der Waals surface area contributed by atoms with Crippen LogP contribution in [0.5, 0.6) is 0 Å². The van der Waals surface area contributed by atoms with Gasteiger partial charge in [-0.25, -0.2) is 9.78 Å². The fourth-order valence-electron chi connectivity index (χ4n) is 3.96. The number of halogens is 1. The van der Waals surface area contributed by atoms with E-state index in [0.717, 1.165) is 26.7 Å². The number of thiazole rings is 1. The Kier molecular flexibility index (Phi) is 8.19. The number of nitrogens with zero attached hydrogens (tertiary/aromatic N) is 2. The number of amides is 3. The van der Waals surface area contributed by atoms with E-state index in [2.05, 4.69) is 21.1 Å². The molecule has 8 nitrogen and oxygen atoms in total. The molecule has 2 heterocycles. The molecule has 5 aromatic rings. The fraction of sp³-hybridized carbons (Fsp3) is 0.161. The number of carbonyl (C=O) groups excluding carboxylic acids is 2. The van der Waals surface area contributed by atoms with E-state index in [4.69, 9.17) is 21.1 Å². The first-order chi connectivity index (χ1) is 19.6. The number of hydrogen-bond donors (Lipinski definition) is 3. The highest BCUT2D eigenvalue weighted by atomic mass is 35.5. The van der Waals surface area contributed by atoms with Gasteiger partial charge in [0.25, 0.3) is 0 Å². The van der Waals surface area contributed by atoms with E-state index in [9.17, 15) is 9.59 Å². The van der Waals surface area contributed by atoms with Gasteiger partial charge in [0.1, 0.15) is 10.8 Å². The molecule has 0 aliphatic rings. The predicted molar refractivity (Wildman–Crippen MR) is 165 cm³/mol. The van der Waals surface area contributed by atoms with Crippen molar-refractivity contribution < 1.29 is 14.1 Å². The minimum Gasteiger partial charge on any atom is -0.359 e. The smallest absolute Gasteiger partial charge is 0.324 e. The molecule has 3 N–H and O–H groups in total. The van der Waals surface area contributed by atoms with Crippen LogP contribution in [-0.4, -0.2) is 22.1 Å². The maximum absolute atomic E-state index is 13.0. The minimum atomic E-state index is -0.453. The van der Waals surface area contributed by atoms with Crippen LogP contribution in [0.15, 0.2) is 89.5 Å². The van der Waals surface area contributed by atoms with E-state index in [-0.39, 0.29) is 17.7 Å². The van der Waals surface area contributed by atoms with Crippen molar-refractivity contribution in [3.05, 3.63) is 101 Å². The van der Waals surface area contributed by atoms with Crippen molar-refractivity contribution in [1.82, 2.24) is 10.1 Å². The normalized spacial score (nSPS) is 11.2. The molecule has 0 spiro atoms. The van der Waals surface area contributed by atoms with Gasteiger partial charge in [0, 0.05) is 43.9 Å². The molecular formula is C31H28ClN5O3S. The van der Waals surface area contributed by atoms with Crippen molar-refractivity contribution in [3.8, 4) is 21.8 Å². The van der Waals surface area contributed by atoms with Crippen molar-refractivity contribution in [2.45, 2.75) is 32.6 Å². The van der Waals surface area contributed by atoms with Gasteiger partial charge >= 0.3 is 6.03 Å². The number of aromatic nitrogens is 2. The summed E-state index contributed by atoms with van der Waals surface area (Å²) in [5.41, 5.74) is 3.61. The highest BCUT2D eigenvalue weighted by molar-refractivity contribution is 7.15. The quantitative estimate of drug-likeness (QED) is 0.178. The molecule has 0 bridgehead atoms. The predicted octanol–water partition coefficient (Wildman–Crippen LogP) is 8.24. The van der Waals surface area contributed by atoms with Crippen molar-refractivity contribution in [2.75, 3.05) is 16.0 Å².